The maximum atomic E-state index is 5.23. The van der Waals surface area contributed by atoms with Gasteiger partial charge in [-0.15, -0.1) is 0 Å². The molecule has 0 aliphatic heterocycles. The number of rotatable bonds is 4. The summed E-state index contributed by atoms with van der Waals surface area (Å²) >= 11 is 5.23. The molecule has 0 radical (unpaired) electrons. The number of hydrogen-bond acceptors (Lipinski definition) is 1. The predicted octanol–water partition coefficient (Wildman–Crippen LogP) is 0.734. The number of quaternary nitrogens is 1. The Morgan fingerprint density at radius 3 is 2.53 bits per heavy atom. The zero-order chi connectivity index (χ0) is 12.8. The molecule has 0 amide bonds. The molecule has 3 N–H and O–H groups in total. The molecular weight excluding hydrogens is 230 g/mol. The van der Waals surface area contributed by atoms with Gasteiger partial charge in [0.15, 0.2) is 5.11 Å². The minimum absolute atomic E-state index is 0.689. The van der Waals surface area contributed by atoms with Gasteiger partial charge in [0.05, 0.1) is 27.2 Å². The van der Waals surface area contributed by atoms with E-state index in [-0.39, 0.29) is 0 Å². The van der Waals surface area contributed by atoms with Crippen molar-refractivity contribution in [3.8, 4) is 0 Å². The number of aryl methyl sites for hydroxylation is 2. The molecule has 0 atom stereocenters. The molecule has 0 heterocycles. The molecule has 3 nitrogen and oxygen atoms in total. The average molecular weight is 252 g/mol. The highest BCUT2D eigenvalue weighted by Gasteiger charge is 2.00. The number of likely N-dealkylation sites (N-methyl/N-ethyl adjacent to an activating group) is 1. The highest BCUT2D eigenvalue weighted by Crippen LogP contribution is 2.13. The molecule has 0 saturated heterocycles. The largest absolute Gasteiger partial charge is 0.357 e. The molecule has 0 aliphatic rings. The minimum Gasteiger partial charge on any atom is -0.357 e. The van der Waals surface area contributed by atoms with Crippen LogP contribution in [0.3, 0.4) is 0 Å². The van der Waals surface area contributed by atoms with Crippen LogP contribution in [-0.2, 0) is 0 Å². The van der Waals surface area contributed by atoms with Crippen LogP contribution in [0.25, 0.3) is 0 Å². The first kappa shape index (κ1) is 13.9. The summed E-state index contributed by atoms with van der Waals surface area (Å²) in [5.41, 5.74) is 3.61. The van der Waals surface area contributed by atoms with E-state index in [1.165, 1.54) is 16.0 Å². The van der Waals surface area contributed by atoms with Crippen LogP contribution in [0.1, 0.15) is 11.1 Å². The molecular formula is C13H22N3S+. The lowest BCUT2D eigenvalue weighted by Crippen LogP contribution is -3.06. The molecule has 17 heavy (non-hydrogen) atoms. The number of anilines is 1. The molecule has 0 aromatic heterocycles. The van der Waals surface area contributed by atoms with Crippen LogP contribution in [-0.4, -0.2) is 32.3 Å². The van der Waals surface area contributed by atoms with Gasteiger partial charge in [-0.1, -0.05) is 6.07 Å². The summed E-state index contributed by atoms with van der Waals surface area (Å²) in [7, 11) is 4.25. The third kappa shape index (κ3) is 5.15. The molecule has 94 valence electrons. The molecule has 1 aromatic carbocycles. The Morgan fingerprint density at radius 1 is 1.24 bits per heavy atom. The van der Waals surface area contributed by atoms with Crippen molar-refractivity contribution in [3.05, 3.63) is 29.3 Å². The Kier molecular flexibility index (Phi) is 5.38. The molecule has 0 saturated carbocycles. The second-order valence-electron chi connectivity index (χ2n) is 4.64. The summed E-state index contributed by atoms with van der Waals surface area (Å²) in [5, 5.41) is 7.08. The first-order valence-corrected chi connectivity index (χ1v) is 6.31. The minimum atomic E-state index is 0.689. The Morgan fingerprint density at radius 2 is 1.94 bits per heavy atom. The quantitative estimate of drug-likeness (QED) is 0.690. The topological polar surface area (TPSA) is 28.5 Å². The molecule has 1 rings (SSSR count). The summed E-state index contributed by atoms with van der Waals surface area (Å²) in [4.78, 5) is 1.41. The van der Waals surface area contributed by atoms with Gasteiger partial charge in [-0.05, 0) is 49.3 Å². The van der Waals surface area contributed by atoms with Crippen molar-refractivity contribution in [2.45, 2.75) is 13.8 Å². The Bertz CT molecular complexity index is 388. The van der Waals surface area contributed by atoms with Crippen LogP contribution in [0.15, 0.2) is 18.2 Å². The van der Waals surface area contributed by atoms with Crippen molar-refractivity contribution >= 4 is 23.0 Å². The smallest absolute Gasteiger partial charge is 0.170 e. The summed E-state index contributed by atoms with van der Waals surface area (Å²) < 4.78 is 0. The van der Waals surface area contributed by atoms with Gasteiger partial charge in [0, 0.05) is 5.69 Å². The highest BCUT2D eigenvalue weighted by atomic mass is 32.1. The zero-order valence-electron chi connectivity index (χ0n) is 11.1. The predicted molar refractivity (Wildman–Crippen MR) is 77.8 cm³/mol. The SMILES string of the molecule is Cc1ccc(NC(=S)NCC[NH+](C)C)cc1C. The number of hydrogen-bond donors (Lipinski definition) is 3. The van der Waals surface area contributed by atoms with Crippen LogP contribution in [0.4, 0.5) is 5.69 Å². The lowest BCUT2D eigenvalue weighted by atomic mass is 10.1. The van der Waals surface area contributed by atoms with E-state index in [1.807, 2.05) is 6.07 Å². The Labute approximate surface area is 109 Å². The first-order chi connectivity index (χ1) is 7.99. The van der Waals surface area contributed by atoms with Crippen molar-refractivity contribution in [2.24, 2.45) is 0 Å². The third-order valence-corrected chi connectivity index (χ3v) is 2.92. The van der Waals surface area contributed by atoms with E-state index in [1.54, 1.807) is 0 Å². The maximum absolute atomic E-state index is 5.23. The van der Waals surface area contributed by atoms with Gasteiger partial charge in [0.1, 0.15) is 0 Å². The monoisotopic (exact) mass is 252 g/mol. The third-order valence-electron chi connectivity index (χ3n) is 2.68. The molecule has 0 unspecified atom stereocenters. The van der Waals surface area contributed by atoms with Crippen molar-refractivity contribution in [1.29, 1.82) is 0 Å². The number of benzene rings is 1. The lowest BCUT2D eigenvalue weighted by Gasteiger charge is -2.12. The lowest BCUT2D eigenvalue weighted by molar-refractivity contribution is -0.856. The van der Waals surface area contributed by atoms with Gasteiger partial charge in [0.25, 0.3) is 0 Å². The summed E-state index contributed by atoms with van der Waals surface area (Å²) in [6, 6.07) is 6.26. The van der Waals surface area contributed by atoms with Crippen molar-refractivity contribution in [3.63, 3.8) is 0 Å². The van der Waals surface area contributed by atoms with Crippen LogP contribution in [0, 0.1) is 13.8 Å². The second-order valence-corrected chi connectivity index (χ2v) is 5.05. The fraction of sp³-hybridized carbons (Fsp3) is 0.462. The van der Waals surface area contributed by atoms with E-state index in [0.717, 1.165) is 18.8 Å². The van der Waals surface area contributed by atoms with Gasteiger partial charge >= 0.3 is 0 Å². The molecule has 0 fully saturated rings. The number of nitrogens with one attached hydrogen (secondary N) is 3. The van der Waals surface area contributed by atoms with Crippen LogP contribution < -0.4 is 15.5 Å². The maximum Gasteiger partial charge on any atom is 0.170 e. The van der Waals surface area contributed by atoms with E-state index in [0.29, 0.717) is 5.11 Å². The van der Waals surface area contributed by atoms with Gasteiger partial charge in [-0.2, -0.15) is 0 Å². The van der Waals surface area contributed by atoms with Crippen molar-refractivity contribution in [2.75, 3.05) is 32.5 Å². The van der Waals surface area contributed by atoms with Gasteiger partial charge < -0.3 is 15.5 Å². The van der Waals surface area contributed by atoms with Crippen molar-refractivity contribution in [1.82, 2.24) is 5.32 Å². The average Bonchev–Trinajstić information content (AvgIpc) is 2.23. The van der Waals surface area contributed by atoms with E-state index in [4.69, 9.17) is 12.2 Å². The summed E-state index contributed by atoms with van der Waals surface area (Å²) in [5.74, 6) is 0. The fourth-order valence-electron chi connectivity index (χ4n) is 1.42. The van der Waals surface area contributed by atoms with Crippen LogP contribution >= 0.6 is 12.2 Å². The zero-order valence-corrected chi connectivity index (χ0v) is 11.9. The van der Waals surface area contributed by atoms with Gasteiger partial charge in [0.2, 0.25) is 0 Å². The molecule has 1 aromatic rings. The normalized spacial score (nSPS) is 10.4. The fourth-order valence-corrected chi connectivity index (χ4v) is 1.64. The summed E-state index contributed by atoms with van der Waals surface area (Å²) in [6.45, 7) is 6.15. The number of thiocarbonyl (C=S) groups is 1. The molecule has 0 bridgehead atoms. The standard InChI is InChI=1S/C13H21N3S/c1-10-5-6-12(9-11(10)2)15-13(17)14-7-8-16(3)4/h5-6,9H,7-8H2,1-4H3,(H2,14,15,17)/p+1. The van der Waals surface area contributed by atoms with Crippen LogP contribution in [0.2, 0.25) is 0 Å². The Hall–Kier alpha value is -1.13. The van der Waals surface area contributed by atoms with E-state index in [9.17, 15) is 0 Å². The molecule has 4 heteroatoms. The second kappa shape index (κ2) is 6.57. The van der Waals surface area contributed by atoms with Gasteiger partial charge in [-0.3, -0.25) is 0 Å². The van der Waals surface area contributed by atoms with E-state index < -0.39 is 0 Å². The van der Waals surface area contributed by atoms with Crippen LogP contribution in [0.5, 0.6) is 0 Å². The van der Waals surface area contributed by atoms with E-state index >= 15 is 0 Å². The van der Waals surface area contributed by atoms with E-state index in [2.05, 4.69) is 50.7 Å². The first-order valence-electron chi connectivity index (χ1n) is 5.90. The Balaban J connectivity index is 2.42. The molecule has 0 aliphatic carbocycles. The van der Waals surface area contributed by atoms with Gasteiger partial charge in [-0.25, -0.2) is 0 Å². The van der Waals surface area contributed by atoms with Crippen molar-refractivity contribution < 1.29 is 4.90 Å². The summed E-state index contributed by atoms with van der Waals surface area (Å²) in [6.07, 6.45) is 0. The highest BCUT2D eigenvalue weighted by molar-refractivity contribution is 7.80. The molecule has 0 spiro atoms.